The standard InChI is InChI=1S/C17H15ClO2/c18-14-6-4-12(5-7-14)10-17(19)13-2-1-3-16(11-13)20-15-8-9-15/h1-7,11,15H,8-10H2. The highest BCUT2D eigenvalue weighted by molar-refractivity contribution is 6.30. The fourth-order valence-corrected chi connectivity index (χ4v) is 2.14. The van der Waals surface area contributed by atoms with Crippen molar-refractivity contribution in [1.82, 2.24) is 0 Å². The lowest BCUT2D eigenvalue weighted by atomic mass is 10.0. The second-order valence-corrected chi connectivity index (χ2v) is 5.51. The zero-order valence-electron chi connectivity index (χ0n) is 11.0. The molecule has 0 bridgehead atoms. The maximum Gasteiger partial charge on any atom is 0.167 e. The van der Waals surface area contributed by atoms with Crippen LogP contribution in [0.5, 0.6) is 5.75 Å². The van der Waals surface area contributed by atoms with E-state index in [4.69, 9.17) is 16.3 Å². The van der Waals surface area contributed by atoms with Gasteiger partial charge in [-0.05, 0) is 42.7 Å². The van der Waals surface area contributed by atoms with E-state index in [1.807, 2.05) is 36.4 Å². The Balaban J connectivity index is 1.71. The Morgan fingerprint density at radius 1 is 1.15 bits per heavy atom. The normalized spacial score (nSPS) is 14.1. The lowest BCUT2D eigenvalue weighted by Gasteiger charge is -2.06. The first-order valence-corrected chi connectivity index (χ1v) is 7.13. The molecule has 0 heterocycles. The third kappa shape index (κ3) is 3.40. The molecule has 0 radical (unpaired) electrons. The van der Waals surface area contributed by atoms with Gasteiger partial charge in [-0.1, -0.05) is 35.9 Å². The minimum atomic E-state index is 0.0913. The summed E-state index contributed by atoms with van der Waals surface area (Å²) in [5.74, 6) is 0.878. The van der Waals surface area contributed by atoms with Crippen LogP contribution in [0.4, 0.5) is 0 Å². The molecule has 0 saturated heterocycles. The number of rotatable bonds is 5. The van der Waals surface area contributed by atoms with Crippen LogP contribution in [0.1, 0.15) is 28.8 Å². The van der Waals surface area contributed by atoms with Gasteiger partial charge in [0.25, 0.3) is 0 Å². The van der Waals surface area contributed by atoms with Gasteiger partial charge in [0.1, 0.15) is 5.75 Å². The number of hydrogen-bond acceptors (Lipinski definition) is 2. The monoisotopic (exact) mass is 286 g/mol. The van der Waals surface area contributed by atoms with Crippen LogP contribution in [-0.2, 0) is 6.42 Å². The van der Waals surface area contributed by atoms with Gasteiger partial charge >= 0.3 is 0 Å². The average Bonchev–Trinajstić information content (AvgIpc) is 3.25. The van der Waals surface area contributed by atoms with Gasteiger partial charge in [-0.15, -0.1) is 0 Å². The van der Waals surface area contributed by atoms with Crippen molar-refractivity contribution in [3.05, 3.63) is 64.7 Å². The summed E-state index contributed by atoms with van der Waals surface area (Å²) in [6.07, 6.45) is 2.95. The number of ketones is 1. The highest BCUT2D eigenvalue weighted by Crippen LogP contribution is 2.27. The van der Waals surface area contributed by atoms with E-state index in [1.54, 1.807) is 12.1 Å². The summed E-state index contributed by atoms with van der Waals surface area (Å²) in [6.45, 7) is 0. The molecule has 0 unspecified atom stereocenters. The van der Waals surface area contributed by atoms with Crippen molar-refractivity contribution < 1.29 is 9.53 Å². The molecule has 0 spiro atoms. The molecule has 1 fully saturated rings. The Morgan fingerprint density at radius 2 is 1.90 bits per heavy atom. The molecule has 3 heteroatoms. The van der Waals surface area contributed by atoms with Gasteiger partial charge in [0.05, 0.1) is 6.10 Å². The van der Waals surface area contributed by atoms with Crippen molar-refractivity contribution in [2.45, 2.75) is 25.4 Å². The fraction of sp³-hybridized carbons (Fsp3) is 0.235. The van der Waals surface area contributed by atoms with Crippen molar-refractivity contribution in [1.29, 1.82) is 0 Å². The third-order valence-electron chi connectivity index (χ3n) is 3.26. The Morgan fingerprint density at radius 3 is 2.60 bits per heavy atom. The molecular weight excluding hydrogens is 272 g/mol. The van der Waals surface area contributed by atoms with Crippen LogP contribution in [0, 0.1) is 0 Å². The summed E-state index contributed by atoms with van der Waals surface area (Å²) in [5, 5.41) is 0.682. The van der Waals surface area contributed by atoms with E-state index >= 15 is 0 Å². The summed E-state index contributed by atoms with van der Waals surface area (Å²) in [4.78, 5) is 12.3. The topological polar surface area (TPSA) is 26.3 Å². The molecule has 1 aliphatic carbocycles. The molecule has 1 saturated carbocycles. The zero-order valence-corrected chi connectivity index (χ0v) is 11.8. The van der Waals surface area contributed by atoms with Gasteiger partial charge in [-0.2, -0.15) is 0 Å². The van der Waals surface area contributed by atoms with E-state index in [1.165, 1.54) is 0 Å². The summed E-state index contributed by atoms with van der Waals surface area (Å²) >= 11 is 5.84. The molecule has 102 valence electrons. The molecule has 1 aliphatic rings. The van der Waals surface area contributed by atoms with Gasteiger partial charge in [-0.25, -0.2) is 0 Å². The van der Waals surface area contributed by atoms with E-state index in [-0.39, 0.29) is 5.78 Å². The lowest BCUT2D eigenvalue weighted by molar-refractivity contribution is 0.0992. The van der Waals surface area contributed by atoms with Crippen molar-refractivity contribution in [3.8, 4) is 5.75 Å². The zero-order chi connectivity index (χ0) is 13.9. The highest BCUT2D eigenvalue weighted by atomic mass is 35.5. The fourth-order valence-electron chi connectivity index (χ4n) is 2.01. The number of Topliss-reactive ketones (excluding diaryl/α,β-unsaturated/α-hetero) is 1. The first kappa shape index (κ1) is 13.2. The second kappa shape index (κ2) is 5.68. The van der Waals surface area contributed by atoms with E-state index in [9.17, 15) is 4.79 Å². The maximum atomic E-state index is 12.3. The van der Waals surface area contributed by atoms with Crippen molar-refractivity contribution >= 4 is 17.4 Å². The van der Waals surface area contributed by atoms with Crippen LogP contribution < -0.4 is 4.74 Å². The van der Waals surface area contributed by atoms with Crippen molar-refractivity contribution in [3.63, 3.8) is 0 Å². The smallest absolute Gasteiger partial charge is 0.167 e. The predicted molar refractivity (Wildman–Crippen MR) is 79.6 cm³/mol. The predicted octanol–water partition coefficient (Wildman–Crippen LogP) is 4.31. The third-order valence-corrected chi connectivity index (χ3v) is 3.51. The molecular formula is C17H15ClO2. The van der Waals surface area contributed by atoms with E-state index in [0.29, 0.717) is 23.1 Å². The largest absolute Gasteiger partial charge is 0.490 e. The van der Waals surface area contributed by atoms with Crippen LogP contribution >= 0.6 is 11.6 Å². The van der Waals surface area contributed by atoms with Gasteiger partial charge in [0, 0.05) is 17.0 Å². The minimum Gasteiger partial charge on any atom is -0.490 e. The van der Waals surface area contributed by atoms with Crippen molar-refractivity contribution in [2.24, 2.45) is 0 Å². The SMILES string of the molecule is O=C(Cc1ccc(Cl)cc1)c1cccc(OC2CC2)c1. The number of carbonyl (C=O) groups excluding carboxylic acids is 1. The average molecular weight is 287 g/mol. The first-order chi connectivity index (χ1) is 9.70. The Hall–Kier alpha value is -1.80. The molecule has 0 aliphatic heterocycles. The molecule has 3 rings (SSSR count). The Kier molecular flexibility index (Phi) is 3.75. The number of ether oxygens (including phenoxy) is 1. The van der Waals surface area contributed by atoms with Crippen LogP contribution in [-0.4, -0.2) is 11.9 Å². The highest BCUT2D eigenvalue weighted by Gasteiger charge is 2.23. The summed E-state index contributed by atoms with van der Waals surface area (Å²) < 4.78 is 5.71. The van der Waals surface area contributed by atoms with Gasteiger partial charge in [0.15, 0.2) is 5.78 Å². The van der Waals surface area contributed by atoms with Crippen LogP contribution in [0.15, 0.2) is 48.5 Å². The number of hydrogen-bond donors (Lipinski definition) is 0. The Bertz CT molecular complexity index is 615. The van der Waals surface area contributed by atoms with Crippen LogP contribution in [0.2, 0.25) is 5.02 Å². The summed E-state index contributed by atoms with van der Waals surface area (Å²) in [7, 11) is 0. The molecule has 2 nitrogen and oxygen atoms in total. The number of carbonyl (C=O) groups is 1. The molecule has 0 amide bonds. The minimum absolute atomic E-state index is 0.0913. The van der Waals surface area contributed by atoms with Crippen LogP contribution in [0.3, 0.4) is 0 Å². The molecule has 20 heavy (non-hydrogen) atoms. The number of halogens is 1. The van der Waals surface area contributed by atoms with E-state index in [2.05, 4.69) is 0 Å². The van der Waals surface area contributed by atoms with Gasteiger partial charge in [0.2, 0.25) is 0 Å². The molecule has 2 aromatic rings. The van der Waals surface area contributed by atoms with Crippen LogP contribution in [0.25, 0.3) is 0 Å². The quantitative estimate of drug-likeness (QED) is 0.766. The maximum absolute atomic E-state index is 12.3. The van der Waals surface area contributed by atoms with Gasteiger partial charge in [-0.3, -0.25) is 4.79 Å². The van der Waals surface area contributed by atoms with Gasteiger partial charge < -0.3 is 4.74 Å². The Labute approximate surface area is 123 Å². The molecule has 0 N–H and O–H groups in total. The lowest BCUT2D eigenvalue weighted by Crippen LogP contribution is -2.04. The summed E-state index contributed by atoms with van der Waals surface area (Å²) in [6, 6.07) is 14.8. The van der Waals surface area contributed by atoms with E-state index < -0.39 is 0 Å². The van der Waals surface area contributed by atoms with Crippen molar-refractivity contribution in [2.75, 3.05) is 0 Å². The molecule has 0 atom stereocenters. The first-order valence-electron chi connectivity index (χ1n) is 6.75. The number of benzene rings is 2. The molecule has 2 aromatic carbocycles. The summed E-state index contributed by atoms with van der Waals surface area (Å²) in [5.41, 5.74) is 1.66. The molecule has 0 aromatic heterocycles. The van der Waals surface area contributed by atoms with E-state index in [0.717, 1.165) is 24.2 Å². The second-order valence-electron chi connectivity index (χ2n) is 5.07.